The molecule has 98 valence electrons. The number of nitrogens with one attached hydrogen (secondary N) is 1. The highest BCUT2D eigenvalue weighted by Gasteiger charge is 2.42. The Morgan fingerprint density at radius 2 is 2.26 bits per heavy atom. The molecule has 0 spiro atoms. The second-order valence-electron chi connectivity index (χ2n) is 5.58. The van der Waals surface area contributed by atoms with Gasteiger partial charge in [-0.25, -0.2) is 0 Å². The van der Waals surface area contributed by atoms with Gasteiger partial charge in [0, 0.05) is 46.0 Å². The van der Waals surface area contributed by atoms with Crippen LogP contribution in [0.4, 0.5) is 0 Å². The normalized spacial score (nSPS) is 24.8. The first-order valence-electron chi connectivity index (χ1n) is 6.74. The molecule has 0 radical (unpaired) electrons. The monoisotopic (exact) mass is 318 g/mol. The fraction of sp³-hybridized carbons (Fsp3) is 0.400. The smallest absolute Gasteiger partial charge is 0.220 e. The van der Waals surface area contributed by atoms with Crippen LogP contribution in [-0.2, 0) is 11.2 Å². The van der Waals surface area contributed by atoms with E-state index in [9.17, 15) is 4.79 Å². The van der Waals surface area contributed by atoms with Crippen molar-refractivity contribution in [3.05, 3.63) is 33.9 Å². The summed E-state index contributed by atoms with van der Waals surface area (Å²) in [4.78, 5) is 17.5. The number of benzene rings is 1. The van der Waals surface area contributed by atoms with Gasteiger partial charge in [-0.2, -0.15) is 0 Å². The molecule has 2 atom stereocenters. The van der Waals surface area contributed by atoms with Gasteiger partial charge in [-0.3, -0.25) is 4.79 Å². The molecule has 0 saturated carbocycles. The average Bonchev–Trinajstić information content (AvgIpc) is 2.87. The zero-order chi connectivity index (χ0) is 13.1. The van der Waals surface area contributed by atoms with E-state index in [2.05, 4.69) is 44.0 Å². The predicted octanol–water partition coefficient (Wildman–Crippen LogP) is 3.54. The van der Waals surface area contributed by atoms with Crippen LogP contribution in [0.15, 0.2) is 22.7 Å². The second kappa shape index (κ2) is 3.85. The largest absolute Gasteiger partial charge is 0.358 e. The number of H-pyrrole nitrogens is 1. The van der Waals surface area contributed by atoms with Crippen molar-refractivity contribution in [3.63, 3.8) is 0 Å². The van der Waals surface area contributed by atoms with E-state index < -0.39 is 0 Å². The van der Waals surface area contributed by atoms with E-state index in [1.165, 1.54) is 22.2 Å². The van der Waals surface area contributed by atoms with Crippen LogP contribution in [0.1, 0.15) is 37.1 Å². The van der Waals surface area contributed by atoms with Crippen molar-refractivity contribution < 1.29 is 4.79 Å². The highest BCUT2D eigenvalue weighted by atomic mass is 79.9. The van der Waals surface area contributed by atoms with E-state index >= 15 is 0 Å². The summed E-state index contributed by atoms with van der Waals surface area (Å²) in [5, 5.41) is 1.26. The minimum absolute atomic E-state index is 0.211. The molecular weight excluding hydrogens is 304 g/mol. The van der Waals surface area contributed by atoms with Crippen molar-refractivity contribution in [1.82, 2.24) is 9.88 Å². The minimum atomic E-state index is 0.211. The van der Waals surface area contributed by atoms with Gasteiger partial charge < -0.3 is 9.88 Å². The summed E-state index contributed by atoms with van der Waals surface area (Å²) in [5.74, 6) is 0.211. The third kappa shape index (κ3) is 1.52. The van der Waals surface area contributed by atoms with Gasteiger partial charge in [0.25, 0.3) is 0 Å². The number of nitrogens with zero attached hydrogens (tertiary/aromatic N) is 1. The number of hydrogen-bond acceptors (Lipinski definition) is 1. The van der Waals surface area contributed by atoms with Gasteiger partial charge in [0.05, 0.1) is 6.04 Å². The lowest BCUT2D eigenvalue weighted by molar-refractivity contribution is -0.132. The number of carbonyl (C=O) groups is 1. The van der Waals surface area contributed by atoms with Crippen LogP contribution in [-0.4, -0.2) is 21.8 Å². The second-order valence-corrected chi connectivity index (χ2v) is 6.50. The summed E-state index contributed by atoms with van der Waals surface area (Å²) in [7, 11) is 0. The maximum absolute atomic E-state index is 11.9. The van der Waals surface area contributed by atoms with Gasteiger partial charge >= 0.3 is 0 Å². The predicted molar refractivity (Wildman–Crippen MR) is 78.0 cm³/mol. The Hall–Kier alpha value is -1.29. The summed E-state index contributed by atoms with van der Waals surface area (Å²) in [6.07, 6.45) is 3.19. The van der Waals surface area contributed by atoms with Gasteiger partial charge in [-0.05, 0) is 31.0 Å². The van der Waals surface area contributed by atoms with E-state index in [1.807, 2.05) is 0 Å². The van der Waals surface area contributed by atoms with Crippen LogP contribution < -0.4 is 0 Å². The van der Waals surface area contributed by atoms with Crippen molar-refractivity contribution in [2.75, 3.05) is 0 Å². The van der Waals surface area contributed by atoms with Crippen molar-refractivity contribution >= 4 is 32.7 Å². The number of carbonyl (C=O) groups excluding carboxylic acids is 1. The zero-order valence-electron chi connectivity index (χ0n) is 10.7. The molecule has 1 fully saturated rings. The third-order valence-electron chi connectivity index (χ3n) is 4.52. The van der Waals surface area contributed by atoms with Crippen molar-refractivity contribution in [1.29, 1.82) is 0 Å². The molecule has 1 saturated heterocycles. The molecule has 2 unspecified atom stereocenters. The van der Waals surface area contributed by atoms with Crippen molar-refractivity contribution in [3.8, 4) is 0 Å². The molecule has 1 N–H and O–H groups in total. The minimum Gasteiger partial charge on any atom is -0.358 e. The van der Waals surface area contributed by atoms with Gasteiger partial charge in [-0.1, -0.05) is 15.9 Å². The number of hydrogen-bond donors (Lipinski definition) is 1. The lowest BCUT2D eigenvalue weighted by Crippen LogP contribution is -2.40. The maximum atomic E-state index is 11.9. The van der Waals surface area contributed by atoms with Crippen LogP contribution in [0.25, 0.3) is 10.9 Å². The van der Waals surface area contributed by atoms with Crippen LogP contribution in [0, 0.1) is 0 Å². The number of rotatable bonds is 0. The summed E-state index contributed by atoms with van der Waals surface area (Å²) in [6.45, 7) is 1.70. The first-order valence-corrected chi connectivity index (χ1v) is 7.53. The molecule has 2 aliphatic rings. The number of aromatic nitrogens is 1. The molecule has 1 aromatic carbocycles. The van der Waals surface area contributed by atoms with Crippen molar-refractivity contribution in [2.45, 2.75) is 38.3 Å². The lowest BCUT2D eigenvalue weighted by Gasteiger charge is -2.34. The number of amides is 1. The van der Waals surface area contributed by atoms with Crippen LogP contribution >= 0.6 is 15.9 Å². The fourth-order valence-corrected chi connectivity index (χ4v) is 4.22. The van der Waals surface area contributed by atoms with E-state index in [1.54, 1.807) is 6.92 Å². The van der Waals surface area contributed by atoms with E-state index in [0.29, 0.717) is 6.04 Å². The van der Waals surface area contributed by atoms with Gasteiger partial charge in [0.15, 0.2) is 0 Å². The third-order valence-corrected chi connectivity index (χ3v) is 5.01. The first kappa shape index (κ1) is 11.5. The number of aromatic amines is 1. The number of fused-ring (bicyclic) bond motifs is 6. The fourth-order valence-electron chi connectivity index (χ4n) is 3.86. The molecular formula is C15H15BrN2O. The Morgan fingerprint density at radius 1 is 1.42 bits per heavy atom. The van der Waals surface area contributed by atoms with E-state index in [4.69, 9.17) is 0 Å². The Bertz CT molecular complexity index is 691. The van der Waals surface area contributed by atoms with Gasteiger partial charge in [0.1, 0.15) is 0 Å². The summed E-state index contributed by atoms with van der Waals surface area (Å²) >= 11 is 3.55. The van der Waals surface area contributed by atoms with E-state index in [0.717, 1.165) is 23.7 Å². The quantitative estimate of drug-likeness (QED) is 0.792. The van der Waals surface area contributed by atoms with Gasteiger partial charge in [0.2, 0.25) is 5.91 Å². The zero-order valence-corrected chi connectivity index (χ0v) is 12.3. The highest BCUT2D eigenvalue weighted by Crippen LogP contribution is 2.46. The molecule has 4 heteroatoms. The van der Waals surface area contributed by atoms with Crippen LogP contribution in [0.5, 0.6) is 0 Å². The summed E-state index contributed by atoms with van der Waals surface area (Å²) in [6, 6.07) is 7.01. The Balaban J connectivity index is 1.96. The number of halogens is 1. The molecule has 3 nitrogen and oxygen atoms in total. The van der Waals surface area contributed by atoms with Crippen LogP contribution in [0.2, 0.25) is 0 Å². The van der Waals surface area contributed by atoms with Gasteiger partial charge in [-0.15, -0.1) is 0 Å². The summed E-state index contributed by atoms with van der Waals surface area (Å²) < 4.78 is 1.09. The maximum Gasteiger partial charge on any atom is 0.220 e. The average molecular weight is 319 g/mol. The molecule has 2 aliphatic heterocycles. The van der Waals surface area contributed by atoms with Crippen LogP contribution in [0.3, 0.4) is 0 Å². The molecule has 1 amide bonds. The Morgan fingerprint density at radius 3 is 3.05 bits per heavy atom. The topological polar surface area (TPSA) is 36.1 Å². The Kier molecular flexibility index (Phi) is 2.34. The molecule has 3 heterocycles. The first-order chi connectivity index (χ1) is 9.15. The lowest BCUT2D eigenvalue weighted by atomic mass is 9.97. The summed E-state index contributed by atoms with van der Waals surface area (Å²) in [5.41, 5.74) is 3.86. The molecule has 4 rings (SSSR count). The van der Waals surface area contributed by atoms with E-state index in [-0.39, 0.29) is 11.9 Å². The highest BCUT2D eigenvalue weighted by molar-refractivity contribution is 9.10. The standard InChI is InChI=1S/C15H15BrN2O/c1-8(19)18-10-3-5-14(18)15-11-6-9(16)2-4-12(11)17-13(15)7-10/h2,4,6,10,14,17H,3,5,7H2,1H3. The molecule has 1 aromatic heterocycles. The molecule has 2 bridgehead atoms. The SMILES string of the molecule is CC(=O)N1C2CCC1c1c([nH]c3ccc(Br)cc13)C2. The Labute approximate surface area is 120 Å². The molecule has 0 aliphatic carbocycles. The molecule has 19 heavy (non-hydrogen) atoms. The molecule has 2 aromatic rings. The van der Waals surface area contributed by atoms with Crippen molar-refractivity contribution in [2.24, 2.45) is 0 Å².